The van der Waals surface area contributed by atoms with E-state index < -0.39 is 0 Å². The van der Waals surface area contributed by atoms with E-state index in [1.54, 1.807) is 12.1 Å². The van der Waals surface area contributed by atoms with Crippen molar-refractivity contribution in [3.63, 3.8) is 0 Å². The monoisotopic (exact) mass is 285 g/mol. The van der Waals surface area contributed by atoms with E-state index in [-0.39, 0.29) is 6.03 Å². The lowest BCUT2D eigenvalue weighted by Gasteiger charge is -2.21. The number of carbonyl (C=O) groups excluding carboxylic acids is 1. The molecular weight excluding hydrogens is 266 g/mol. The van der Waals surface area contributed by atoms with Crippen LogP contribution in [0.3, 0.4) is 0 Å². The molecule has 0 aromatic carbocycles. The molecule has 0 saturated heterocycles. The number of anilines is 1. The van der Waals surface area contributed by atoms with Crippen LogP contribution in [0.2, 0.25) is 5.02 Å². The first-order valence-corrected chi connectivity index (χ1v) is 6.88. The molecule has 0 aliphatic rings. The Morgan fingerprint density at radius 1 is 1.42 bits per heavy atom. The number of pyridine rings is 1. The van der Waals surface area contributed by atoms with E-state index in [1.807, 2.05) is 6.92 Å². The van der Waals surface area contributed by atoms with Crippen molar-refractivity contribution in [2.75, 3.05) is 18.5 Å². The molecule has 0 fully saturated rings. The molecule has 1 aromatic rings. The van der Waals surface area contributed by atoms with Gasteiger partial charge in [0.05, 0.1) is 18.2 Å². The van der Waals surface area contributed by atoms with Gasteiger partial charge in [-0.2, -0.15) is 0 Å². The highest BCUT2D eigenvalue weighted by molar-refractivity contribution is 6.30. The van der Waals surface area contributed by atoms with E-state index in [0.717, 1.165) is 19.3 Å². The molecule has 106 valence electrons. The van der Waals surface area contributed by atoms with Gasteiger partial charge in [-0.3, -0.25) is 10.2 Å². The number of rotatable bonds is 7. The van der Waals surface area contributed by atoms with Crippen molar-refractivity contribution in [3.05, 3.63) is 23.4 Å². The second-order valence-corrected chi connectivity index (χ2v) is 4.46. The van der Waals surface area contributed by atoms with Crippen LogP contribution < -0.4 is 5.32 Å². The number of amides is 2. The van der Waals surface area contributed by atoms with Gasteiger partial charge in [-0.15, -0.1) is 0 Å². The largest absolute Gasteiger partial charge is 0.346 e. The Bertz CT molecular complexity index is 384. The topological polar surface area (TPSA) is 54.5 Å². The summed E-state index contributed by atoms with van der Waals surface area (Å²) in [6.07, 6.45) is 4.56. The number of carbonyl (C=O) groups is 1. The molecule has 0 bridgehead atoms. The van der Waals surface area contributed by atoms with Crippen LogP contribution in [0.15, 0.2) is 18.3 Å². The molecule has 0 saturated carbocycles. The first kappa shape index (κ1) is 15.7. The number of unbranched alkanes of at least 4 members (excludes halogenated alkanes) is 2. The third-order valence-corrected chi connectivity index (χ3v) is 2.66. The number of hydroxylamine groups is 2. The maximum Gasteiger partial charge on any atom is 0.346 e. The molecule has 6 heteroatoms. The van der Waals surface area contributed by atoms with Crippen molar-refractivity contribution in [3.8, 4) is 0 Å². The first-order chi connectivity index (χ1) is 9.17. The zero-order chi connectivity index (χ0) is 14.1. The van der Waals surface area contributed by atoms with Gasteiger partial charge in [-0.05, 0) is 25.5 Å². The lowest BCUT2D eigenvalue weighted by atomic mass is 10.2. The van der Waals surface area contributed by atoms with Crippen LogP contribution in [0.1, 0.15) is 33.1 Å². The summed E-state index contributed by atoms with van der Waals surface area (Å²) in [5, 5.41) is 4.54. The van der Waals surface area contributed by atoms with Crippen LogP contribution in [-0.2, 0) is 4.84 Å². The number of nitrogens with zero attached hydrogens (tertiary/aromatic N) is 2. The summed E-state index contributed by atoms with van der Waals surface area (Å²) in [6.45, 7) is 4.98. The van der Waals surface area contributed by atoms with Gasteiger partial charge < -0.3 is 0 Å². The molecule has 0 atom stereocenters. The zero-order valence-corrected chi connectivity index (χ0v) is 12.1. The van der Waals surface area contributed by atoms with Crippen molar-refractivity contribution in [1.82, 2.24) is 10.0 Å². The lowest BCUT2D eigenvalue weighted by Crippen LogP contribution is -2.36. The summed E-state index contributed by atoms with van der Waals surface area (Å²) >= 11 is 5.73. The van der Waals surface area contributed by atoms with Crippen LogP contribution in [0, 0.1) is 0 Å². The molecule has 1 N–H and O–H groups in total. The zero-order valence-electron chi connectivity index (χ0n) is 11.4. The van der Waals surface area contributed by atoms with Crippen LogP contribution in [0.4, 0.5) is 10.6 Å². The number of urea groups is 1. The fourth-order valence-electron chi connectivity index (χ4n) is 1.51. The highest BCUT2D eigenvalue weighted by Crippen LogP contribution is 2.10. The van der Waals surface area contributed by atoms with Gasteiger partial charge in [0.25, 0.3) is 0 Å². The Hall–Kier alpha value is -1.33. The van der Waals surface area contributed by atoms with Gasteiger partial charge in [0, 0.05) is 6.20 Å². The molecule has 5 nitrogen and oxygen atoms in total. The number of hydrogen-bond acceptors (Lipinski definition) is 3. The average Bonchev–Trinajstić information content (AvgIpc) is 2.40. The summed E-state index contributed by atoms with van der Waals surface area (Å²) in [4.78, 5) is 21.3. The van der Waals surface area contributed by atoms with Crippen LogP contribution >= 0.6 is 11.6 Å². The predicted molar refractivity (Wildman–Crippen MR) is 76.1 cm³/mol. The van der Waals surface area contributed by atoms with Crippen LogP contribution in [-0.4, -0.2) is 29.2 Å². The standard InChI is InChI=1S/C13H20ClN3O2/c1-3-5-6-9-17(19-4-2)13(18)16-12-8-7-11(14)10-15-12/h7-8,10H,3-6,9H2,1-2H3,(H,15,16,18). The minimum absolute atomic E-state index is 0.312. The number of nitrogens with one attached hydrogen (secondary N) is 1. The average molecular weight is 286 g/mol. The van der Waals surface area contributed by atoms with E-state index in [9.17, 15) is 4.79 Å². The molecule has 1 rings (SSSR count). The molecular formula is C13H20ClN3O2. The second kappa shape index (κ2) is 8.72. The SMILES string of the molecule is CCCCCN(OCC)C(=O)Nc1ccc(Cl)cn1. The Labute approximate surface area is 118 Å². The van der Waals surface area contributed by atoms with Crippen LogP contribution in [0.5, 0.6) is 0 Å². The highest BCUT2D eigenvalue weighted by Gasteiger charge is 2.14. The van der Waals surface area contributed by atoms with Gasteiger partial charge in [0.2, 0.25) is 0 Å². The van der Waals surface area contributed by atoms with Gasteiger partial charge in [-0.25, -0.2) is 14.8 Å². The molecule has 0 aliphatic heterocycles. The van der Waals surface area contributed by atoms with E-state index in [4.69, 9.17) is 16.4 Å². The molecule has 1 heterocycles. The first-order valence-electron chi connectivity index (χ1n) is 6.50. The molecule has 2 amide bonds. The fraction of sp³-hybridized carbons (Fsp3) is 0.538. The van der Waals surface area contributed by atoms with E-state index in [0.29, 0.717) is 24.0 Å². The molecule has 0 spiro atoms. The minimum atomic E-state index is -0.312. The van der Waals surface area contributed by atoms with Gasteiger partial charge >= 0.3 is 6.03 Å². The Kier molecular flexibility index (Phi) is 7.22. The lowest BCUT2D eigenvalue weighted by molar-refractivity contribution is -0.108. The summed E-state index contributed by atoms with van der Waals surface area (Å²) in [5.41, 5.74) is 0. The van der Waals surface area contributed by atoms with Crippen molar-refractivity contribution >= 4 is 23.4 Å². The van der Waals surface area contributed by atoms with Crippen molar-refractivity contribution in [2.45, 2.75) is 33.1 Å². The van der Waals surface area contributed by atoms with E-state index in [2.05, 4.69) is 17.2 Å². The summed E-state index contributed by atoms with van der Waals surface area (Å²) in [7, 11) is 0. The third-order valence-electron chi connectivity index (χ3n) is 2.44. The minimum Gasteiger partial charge on any atom is -0.290 e. The number of aromatic nitrogens is 1. The summed E-state index contributed by atoms with van der Waals surface area (Å²) < 4.78 is 0. The third kappa shape index (κ3) is 5.89. The number of halogens is 1. The van der Waals surface area contributed by atoms with Gasteiger partial charge in [0.1, 0.15) is 5.82 Å². The smallest absolute Gasteiger partial charge is 0.290 e. The van der Waals surface area contributed by atoms with Crippen molar-refractivity contribution < 1.29 is 9.63 Å². The Balaban J connectivity index is 2.53. The number of hydrogen-bond donors (Lipinski definition) is 1. The highest BCUT2D eigenvalue weighted by atomic mass is 35.5. The normalized spacial score (nSPS) is 10.3. The van der Waals surface area contributed by atoms with Gasteiger partial charge in [0.15, 0.2) is 0 Å². The Morgan fingerprint density at radius 3 is 2.79 bits per heavy atom. The second-order valence-electron chi connectivity index (χ2n) is 4.02. The van der Waals surface area contributed by atoms with Crippen LogP contribution in [0.25, 0.3) is 0 Å². The predicted octanol–water partition coefficient (Wildman–Crippen LogP) is 3.71. The molecule has 1 aromatic heterocycles. The summed E-state index contributed by atoms with van der Waals surface area (Å²) in [6, 6.07) is 3.01. The molecule has 0 aliphatic carbocycles. The maximum absolute atomic E-state index is 12.0. The van der Waals surface area contributed by atoms with E-state index in [1.165, 1.54) is 11.3 Å². The summed E-state index contributed by atoms with van der Waals surface area (Å²) in [5.74, 6) is 0.453. The molecule has 19 heavy (non-hydrogen) atoms. The molecule has 0 radical (unpaired) electrons. The van der Waals surface area contributed by atoms with Crippen molar-refractivity contribution in [2.24, 2.45) is 0 Å². The Morgan fingerprint density at radius 2 is 2.21 bits per heavy atom. The van der Waals surface area contributed by atoms with Crippen molar-refractivity contribution in [1.29, 1.82) is 0 Å². The van der Waals surface area contributed by atoms with E-state index >= 15 is 0 Å². The maximum atomic E-state index is 12.0. The quantitative estimate of drug-likeness (QED) is 0.614. The van der Waals surface area contributed by atoms with Gasteiger partial charge in [-0.1, -0.05) is 31.4 Å². The molecule has 0 unspecified atom stereocenters. The fourth-order valence-corrected chi connectivity index (χ4v) is 1.62.